The number of halogens is 1. The number of hydrogen-bond acceptors (Lipinski definition) is 4. The van der Waals surface area contributed by atoms with Crippen LogP contribution in [0.3, 0.4) is 0 Å². The van der Waals surface area contributed by atoms with Crippen molar-refractivity contribution in [3.63, 3.8) is 0 Å². The molecule has 0 bridgehead atoms. The molecule has 0 aromatic heterocycles. The predicted molar refractivity (Wildman–Crippen MR) is 104 cm³/mol. The van der Waals surface area contributed by atoms with Crippen molar-refractivity contribution in [2.24, 2.45) is 0 Å². The number of nitrogens with one attached hydrogen (secondary N) is 2. The summed E-state index contributed by atoms with van der Waals surface area (Å²) < 4.78 is 0. The predicted octanol–water partition coefficient (Wildman–Crippen LogP) is 1.37. The Morgan fingerprint density at radius 2 is 2.12 bits per heavy atom. The Hall–Kier alpha value is -1.63. The number of nitrogens with zero attached hydrogens (tertiary/aromatic N) is 2. The van der Waals surface area contributed by atoms with Crippen LogP contribution in [0.1, 0.15) is 26.3 Å². The van der Waals surface area contributed by atoms with Gasteiger partial charge in [-0.15, -0.1) is 0 Å². The molecule has 1 aromatic rings. The van der Waals surface area contributed by atoms with Gasteiger partial charge in [0, 0.05) is 48.8 Å². The Kier molecular flexibility index (Phi) is 5.28. The van der Waals surface area contributed by atoms with E-state index in [1.807, 2.05) is 28.0 Å². The molecule has 0 saturated carbocycles. The van der Waals surface area contributed by atoms with Gasteiger partial charge in [-0.2, -0.15) is 0 Å². The Morgan fingerprint density at radius 3 is 2.81 bits per heavy atom. The second-order valence-corrected chi connectivity index (χ2v) is 8.33. The SMILES string of the molecule is CNC(=O)[C@H]1CN[C@H](C)CN1CC(=O)N1CC(C)(C)c2ccc(Cl)cc21. The lowest BCUT2D eigenvalue weighted by Gasteiger charge is -2.38. The van der Waals surface area contributed by atoms with Gasteiger partial charge in [0.05, 0.1) is 6.54 Å². The van der Waals surface area contributed by atoms with Crippen molar-refractivity contribution in [1.82, 2.24) is 15.5 Å². The monoisotopic (exact) mass is 378 g/mol. The van der Waals surface area contributed by atoms with E-state index in [0.29, 0.717) is 24.7 Å². The Balaban J connectivity index is 1.81. The Morgan fingerprint density at radius 1 is 1.38 bits per heavy atom. The van der Waals surface area contributed by atoms with Crippen LogP contribution in [-0.2, 0) is 15.0 Å². The van der Waals surface area contributed by atoms with Gasteiger partial charge in [0.15, 0.2) is 0 Å². The van der Waals surface area contributed by atoms with E-state index in [0.717, 1.165) is 11.3 Å². The van der Waals surface area contributed by atoms with Gasteiger partial charge in [0.1, 0.15) is 6.04 Å². The summed E-state index contributed by atoms with van der Waals surface area (Å²) in [6.45, 7) is 8.36. The van der Waals surface area contributed by atoms with Crippen molar-refractivity contribution in [3.05, 3.63) is 28.8 Å². The highest BCUT2D eigenvalue weighted by molar-refractivity contribution is 6.31. The minimum Gasteiger partial charge on any atom is -0.358 e. The largest absolute Gasteiger partial charge is 0.358 e. The topological polar surface area (TPSA) is 64.7 Å². The van der Waals surface area contributed by atoms with Crippen molar-refractivity contribution < 1.29 is 9.59 Å². The number of rotatable bonds is 3. The lowest BCUT2D eigenvalue weighted by Crippen LogP contribution is -2.62. The van der Waals surface area contributed by atoms with E-state index in [4.69, 9.17) is 11.6 Å². The molecule has 0 radical (unpaired) electrons. The number of benzene rings is 1. The summed E-state index contributed by atoms with van der Waals surface area (Å²) in [4.78, 5) is 29.1. The van der Waals surface area contributed by atoms with Crippen LogP contribution in [-0.4, -0.2) is 62.0 Å². The quantitative estimate of drug-likeness (QED) is 0.833. The second-order valence-electron chi connectivity index (χ2n) is 7.89. The molecule has 1 aromatic carbocycles. The van der Waals surface area contributed by atoms with Crippen LogP contribution in [0, 0.1) is 0 Å². The molecule has 0 unspecified atom stereocenters. The normalized spacial score (nSPS) is 25.0. The second kappa shape index (κ2) is 7.18. The number of likely N-dealkylation sites (N-methyl/N-ethyl adjacent to an activating group) is 1. The summed E-state index contributed by atoms with van der Waals surface area (Å²) in [5.41, 5.74) is 1.89. The first-order valence-electron chi connectivity index (χ1n) is 9.02. The zero-order valence-electron chi connectivity index (χ0n) is 15.8. The molecule has 6 nitrogen and oxygen atoms in total. The van der Waals surface area contributed by atoms with Gasteiger partial charge < -0.3 is 15.5 Å². The van der Waals surface area contributed by atoms with Crippen molar-refractivity contribution >= 4 is 29.1 Å². The van der Waals surface area contributed by atoms with Crippen LogP contribution in [0.15, 0.2) is 18.2 Å². The minimum absolute atomic E-state index is 0.00194. The number of piperazine rings is 1. The van der Waals surface area contributed by atoms with Crippen molar-refractivity contribution in [3.8, 4) is 0 Å². The minimum atomic E-state index is -0.338. The maximum Gasteiger partial charge on any atom is 0.241 e. The molecule has 2 heterocycles. The highest BCUT2D eigenvalue weighted by atomic mass is 35.5. The van der Waals surface area contributed by atoms with E-state index < -0.39 is 0 Å². The Labute approximate surface area is 159 Å². The first-order valence-corrected chi connectivity index (χ1v) is 9.40. The molecule has 7 heteroatoms. The van der Waals surface area contributed by atoms with Crippen LogP contribution in [0.2, 0.25) is 5.02 Å². The lowest BCUT2D eigenvalue weighted by molar-refractivity contribution is -0.129. The molecule has 0 spiro atoms. The molecule has 1 saturated heterocycles. The summed E-state index contributed by atoms with van der Waals surface area (Å²) in [5, 5.41) is 6.63. The van der Waals surface area contributed by atoms with E-state index in [2.05, 4.69) is 31.4 Å². The highest BCUT2D eigenvalue weighted by Crippen LogP contribution is 2.41. The molecule has 3 rings (SSSR count). The zero-order valence-corrected chi connectivity index (χ0v) is 16.6. The number of hydrogen-bond donors (Lipinski definition) is 2. The van der Waals surface area contributed by atoms with Gasteiger partial charge in [0.25, 0.3) is 0 Å². The molecule has 2 N–H and O–H groups in total. The molecule has 2 aliphatic rings. The van der Waals surface area contributed by atoms with Gasteiger partial charge in [-0.1, -0.05) is 31.5 Å². The summed E-state index contributed by atoms with van der Waals surface area (Å²) in [7, 11) is 1.63. The van der Waals surface area contributed by atoms with Gasteiger partial charge in [-0.25, -0.2) is 0 Å². The van der Waals surface area contributed by atoms with Crippen LogP contribution in [0.4, 0.5) is 5.69 Å². The van der Waals surface area contributed by atoms with E-state index >= 15 is 0 Å². The van der Waals surface area contributed by atoms with Crippen molar-refractivity contribution in [2.45, 2.75) is 38.3 Å². The number of anilines is 1. The van der Waals surface area contributed by atoms with Crippen molar-refractivity contribution in [1.29, 1.82) is 0 Å². The molecule has 0 aliphatic carbocycles. The van der Waals surface area contributed by atoms with Crippen LogP contribution < -0.4 is 15.5 Å². The number of amides is 2. The van der Waals surface area contributed by atoms with Crippen molar-refractivity contribution in [2.75, 3.05) is 38.1 Å². The van der Waals surface area contributed by atoms with E-state index in [1.165, 1.54) is 0 Å². The van der Waals surface area contributed by atoms with Crippen LogP contribution in [0.5, 0.6) is 0 Å². The molecule has 26 heavy (non-hydrogen) atoms. The summed E-state index contributed by atoms with van der Waals surface area (Å²) in [5.74, 6) is -0.0653. The summed E-state index contributed by atoms with van der Waals surface area (Å²) in [6.07, 6.45) is 0. The van der Waals surface area contributed by atoms with E-state index in [1.54, 1.807) is 7.05 Å². The van der Waals surface area contributed by atoms with Gasteiger partial charge in [-0.3, -0.25) is 14.5 Å². The molecular weight excluding hydrogens is 352 g/mol. The number of carbonyl (C=O) groups excluding carboxylic acids is 2. The molecule has 1 fully saturated rings. The number of carbonyl (C=O) groups is 2. The summed E-state index contributed by atoms with van der Waals surface area (Å²) >= 11 is 6.17. The molecule has 142 valence electrons. The third-order valence-corrected chi connectivity index (χ3v) is 5.57. The molecule has 2 atom stereocenters. The maximum absolute atomic E-state index is 13.1. The molecular formula is C19H27ClN4O2. The highest BCUT2D eigenvalue weighted by Gasteiger charge is 2.40. The standard InChI is InChI=1S/C19H27ClN4O2/c1-12-9-23(16(8-22-12)18(26)21-4)10-17(25)24-11-19(2,3)14-6-5-13(20)7-15(14)24/h5-7,12,16,22H,8-11H2,1-4H3,(H,21,26)/t12-,16-/m1/s1. The molecule has 2 aliphatic heterocycles. The molecule has 2 amide bonds. The maximum atomic E-state index is 13.1. The Bertz CT molecular complexity index is 721. The van der Waals surface area contributed by atoms with Crippen LogP contribution >= 0.6 is 11.6 Å². The van der Waals surface area contributed by atoms with Crippen LogP contribution in [0.25, 0.3) is 0 Å². The summed E-state index contributed by atoms with van der Waals surface area (Å²) in [6, 6.07) is 5.64. The fourth-order valence-corrected chi connectivity index (χ4v) is 4.10. The van der Waals surface area contributed by atoms with E-state index in [9.17, 15) is 9.59 Å². The first kappa shape index (κ1) is 19.1. The van der Waals surface area contributed by atoms with Gasteiger partial charge in [0.2, 0.25) is 11.8 Å². The van der Waals surface area contributed by atoms with Gasteiger partial charge in [-0.05, 0) is 24.6 Å². The fourth-order valence-electron chi connectivity index (χ4n) is 3.93. The van der Waals surface area contributed by atoms with Gasteiger partial charge >= 0.3 is 0 Å². The average molecular weight is 379 g/mol. The van der Waals surface area contributed by atoms with E-state index in [-0.39, 0.29) is 35.9 Å². The fraction of sp³-hybridized carbons (Fsp3) is 0.579. The third-order valence-electron chi connectivity index (χ3n) is 5.33. The third kappa shape index (κ3) is 3.59. The number of fused-ring (bicyclic) bond motifs is 1. The smallest absolute Gasteiger partial charge is 0.241 e. The lowest BCUT2D eigenvalue weighted by atomic mass is 9.87. The average Bonchev–Trinajstić information content (AvgIpc) is 2.85. The zero-order chi connectivity index (χ0) is 19.1. The first-order chi connectivity index (χ1) is 12.2.